The number of ether oxygens (including phenoxy) is 1. The number of nitrogens with one attached hydrogen (secondary N) is 1. The highest BCUT2D eigenvalue weighted by Crippen LogP contribution is 2.49. The van der Waals surface area contributed by atoms with Gasteiger partial charge in [0, 0.05) is 18.2 Å². The molecule has 102 valence electrons. The molecule has 3 heteroatoms. The van der Waals surface area contributed by atoms with Crippen molar-refractivity contribution < 1.29 is 9.53 Å². The van der Waals surface area contributed by atoms with Gasteiger partial charge in [-0.05, 0) is 50.9 Å². The summed E-state index contributed by atoms with van der Waals surface area (Å²) >= 11 is 0. The largest absolute Gasteiger partial charge is 0.463 e. The molecule has 2 fully saturated rings. The summed E-state index contributed by atoms with van der Waals surface area (Å²) in [7, 11) is 0. The minimum Gasteiger partial charge on any atom is -0.463 e. The molecule has 4 atom stereocenters. The molecule has 0 radical (unpaired) electrons. The second-order valence-corrected chi connectivity index (χ2v) is 5.83. The Morgan fingerprint density at radius 2 is 2.22 bits per heavy atom. The molecule has 0 heterocycles. The molecule has 4 unspecified atom stereocenters. The van der Waals surface area contributed by atoms with Gasteiger partial charge in [-0.2, -0.15) is 0 Å². The Labute approximate surface area is 110 Å². The fourth-order valence-electron chi connectivity index (χ4n) is 3.65. The monoisotopic (exact) mass is 251 g/mol. The van der Waals surface area contributed by atoms with Crippen LogP contribution in [0.2, 0.25) is 0 Å². The Morgan fingerprint density at radius 3 is 2.78 bits per heavy atom. The molecule has 2 bridgehead atoms. The van der Waals surface area contributed by atoms with E-state index in [1.165, 1.54) is 25.7 Å². The van der Waals surface area contributed by atoms with Crippen molar-refractivity contribution in [2.45, 2.75) is 45.6 Å². The number of carbonyl (C=O) groups excluding carboxylic acids is 1. The molecule has 0 aliphatic heterocycles. The van der Waals surface area contributed by atoms with Crippen molar-refractivity contribution in [2.24, 2.45) is 17.8 Å². The summed E-state index contributed by atoms with van der Waals surface area (Å²) in [5.74, 6) is 2.40. The van der Waals surface area contributed by atoms with Crippen LogP contribution in [-0.2, 0) is 9.53 Å². The van der Waals surface area contributed by atoms with Gasteiger partial charge in [-0.1, -0.05) is 13.0 Å². The SMILES string of the molecule is C=C(CNC(C)C1CC2CCC1C2)C(=O)OCC. The summed E-state index contributed by atoms with van der Waals surface area (Å²) < 4.78 is 4.93. The lowest BCUT2D eigenvalue weighted by Gasteiger charge is -2.28. The summed E-state index contributed by atoms with van der Waals surface area (Å²) in [5, 5.41) is 3.45. The zero-order valence-corrected chi connectivity index (χ0v) is 11.6. The van der Waals surface area contributed by atoms with Gasteiger partial charge < -0.3 is 10.1 Å². The summed E-state index contributed by atoms with van der Waals surface area (Å²) in [6.07, 6.45) is 5.63. The first-order valence-electron chi connectivity index (χ1n) is 7.20. The molecule has 0 saturated heterocycles. The van der Waals surface area contributed by atoms with E-state index in [9.17, 15) is 4.79 Å². The average Bonchev–Trinajstić information content (AvgIpc) is 2.97. The summed E-state index contributed by atoms with van der Waals surface area (Å²) in [6.45, 7) is 8.80. The Kier molecular flexibility index (Phi) is 4.44. The van der Waals surface area contributed by atoms with Crippen LogP contribution in [-0.4, -0.2) is 25.2 Å². The van der Waals surface area contributed by atoms with Crippen LogP contribution in [0.4, 0.5) is 0 Å². The lowest BCUT2D eigenvalue weighted by atomic mass is 9.84. The third-order valence-corrected chi connectivity index (χ3v) is 4.64. The Bertz CT molecular complexity index is 326. The van der Waals surface area contributed by atoms with Crippen molar-refractivity contribution in [2.75, 3.05) is 13.2 Å². The van der Waals surface area contributed by atoms with Crippen LogP contribution in [0.3, 0.4) is 0 Å². The zero-order valence-electron chi connectivity index (χ0n) is 11.6. The molecule has 2 rings (SSSR count). The third kappa shape index (κ3) is 2.94. The highest BCUT2D eigenvalue weighted by molar-refractivity contribution is 5.88. The smallest absolute Gasteiger partial charge is 0.334 e. The molecular formula is C15H25NO2. The Hall–Kier alpha value is -0.830. The maximum absolute atomic E-state index is 11.4. The Balaban J connectivity index is 1.73. The van der Waals surface area contributed by atoms with Crippen molar-refractivity contribution >= 4 is 5.97 Å². The molecule has 0 aromatic heterocycles. The van der Waals surface area contributed by atoms with Crippen LogP contribution in [0, 0.1) is 17.8 Å². The van der Waals surface area contributed by atoms with Crippen LogP contribution >= 0.6 is 0 Å². The van der Waals surface area contributed by atoms with Gasteiger partial charge in [0.2, 0.25) is 0 Å². The van der Waals surface area contributed by atoms with Gasteiger partial charge in [-0.3, -0.25) is 0 Å². The second-order valence-electron chi connectivity index (χ2n) is 5.83. The molecule has 3 nitrogen and oxygen atoms in total. The van der Waals surface area contributed by atoms with E-state index in [2.05, 4.69) is 18.8 Å². The number of hydrogen-bond donors (Lipinski definition) is 1. The van der Waals surface area contributed by atoms with Gasteiger partial charge in [-0.25, -0.2) is 4.79 Å². The van der Waals surface area contributed by atoms with E-state index in [-0.39, 0.29) is 5.97 Å². The van der Waals surface area contributed by atoms with E-state index in [1.807, 2.05) is 6.92 Å². The van der Waals surface area contributed by atoms with Gasteiger partial charge in [-0.15, -0.1) is 0 Å². The van der Waals surface area contributed by atoms with E-state index in [0.717, 1.165) is 17.8 Å². The van der Waals surface area contributed by atoms with Crippen LogP contribution < -0.4 is 5.32 Å². The second kappa shape index (κ2) is 5.87. The first kappa shape index (κ1) is 13.6. The maximum Gasteiger partial charge on any atom is 0.334 e. The maximum atomic E-state index is 11.4. The van der Waals surface area contributed by atoms with Gasteiger partial charge in [0.25, 0.3) is 0 Å². The zero-order chi connectivity index (χ0) is 13.1. The topological polar surface area (TPSA) is 38.3 Å². The fraction of sp³-hybridized carbons (Fsp3) is 0.800. The standard InChI is InChI=1S/C15H25NO2/c1-4-18-15(17)10(2)9-16-11(3)14-8-12-5-6-13(14)7-12/h11-14,16H,2,4-9H2,1,3H3. The summed E-state index contributed by atoms with van der Waals surface area (Å²) in [4.78, 5) is 11.4. The average molecular weight is 251 g/mol. The molecule has 18 heavy (non-hydrogen) atoms. The molecule has 0 aromatic carbocycles. The summed E-state index contributed by atoms with van der Waals surface area (Å²) in [6, 6.07) is 0.478. The van der Waals surface area contributed by atoms with E-state index in [4.69, 9.17) is 4.74 Å². The van der Waals surface area contributed by atoms with E-state index < -0.39 is 0 Å². The van der Waals surface area contributed by atoms with E-state index in [0.29, 0.717) is 24.8 Å². The number of carbonyl (C=O) groups is 1. The summed E-state index contributed by atoms with van der Waals surface area (Å²) in [5.41, 5.74) is 0.534. The lowest BCUT2D eigenvalue weighted by molar-refractivity contribution is -0.138. The van der Waals surface area contributed by atoms with Crippen LogP contribution in [0.5, 0.6) is 0 Å². The molecule has 2 aliphatic carbocycles. The Morgan fingerprint density at radius 1 is 1.44 bits per heavy atom. The highest BCUT2D eigenvalue weighted by atomic mass is 16.5. The third-order valence-electron chi connectivity index (χ3n) is 4.64. The van der Waals surface area contributed by atoms with Gasteiger partial charge in [0.15, 0.2) is 0 Å². The predicted molar refractivity (Wildman–Crippen MR) is 72.2 cm³/mol. The quantitative estimate of drug-likeness (QED) is 0.582. The predicted octanol–water partition coefficient (Wildman–Crippen LogP) is 2.52. The van der Waals surface area contributed by atoms with Gasteiger partial charge in [0.05, 0.1) is 6.61 Å². The van der Waals surface area contributed by atoms with Gasteiger partial charge in [0.1, 0.15) is 0 Å². The van der Waals surface area contributed by atoms with Crippen molar-refractivity contribution in [1.82, 2.24) is 5.32 Å². The number of hydrogen-bond acceptors (Lipinski definition) is 3. The minimum atomic E-state index is -0.273. The van der Waals surface area contributed by atoms with Crippen molar-refractivity contribution in [3.05, 3.63) is 12.2 Å². The lowest BCUT2D eigenvalue weighted by Crippen LogP contribution is -2.38. The van der Waals surface area contributed by atoms with E-state index >= 15 is 0 Å². The molecule has 1 N–H and O–H groups in total. The first-order chi connectivity index (χ1) is 8.61. The molecule has 2 saturated carbocycles. The van der Waals surface area contributed by atoms with E-state index in [1.54, 1.807) is 0 Å². The highest BCUT2D eigenvalue weighted by Gasteiger charge is 2.41. The molecule has 0 aromatic rings. The molecule has 2 aliphatic rings. The van der Waals surface area contributed by atoms with Crippen LogP contribution in [0.1, 0.15) is 39.5 Å². The van der Waals surface area contributed by atoms with Gasteiger partial charge >= 0.3 is 5.97 Å². The number of esters is 1. The number of fused-ring (bicyclic) bond motifs is 2. The van der Waals surface area contributed by atoms with Crippen molar-refractivity contribution in [3.8, 4) is 0 Å². The fourth-order valence-corrected chi connectivity index (χ4v) is 3.65. The van der Waals surface area contributed by atoms with Crippen molar-refractivity contribution in [1.29, 1.82) is 0 Å². The first-order valence-corrected chi connectivity index (χ1v) is 7.20. The molecular weight excluding hydrogens is 226 g/mol. The molecule has 0 amide bonds. The van der Waals surface area contributed by atoms with Crippen LogP contribution in [0.15, 0.2) is 12.2 Å². The van der Waals surface area contributed by atoms with Crippen molar-refractivity contribution in [3.63, 3.8) is 0 Å². The normalized spacial score (nSPS) is 31.3. The molecule has 0 spiro atoms. The minimum absolute atomic E-state index is 0.273. The van der Waals surface area contributed by atoms with Crippen LogP contribution in [0.25, 0.3) is 0 Å². The number of rotatable bonds is 6.